The van der Waals surface area contributed by atoms with Crippen molar-refractivity contribution in [2.24, 2.45) is 11.8 Å². The fourth-order valence-corrected chi connectivity index (χ4v) is 5.14. The van der Waals surface area contributed by atoms with Crippen LogP contribution in [0.15, 0.2) is 48.6 Å². The van der Waals surface area contributed by atoms with Gasteiger partial charge in [-0.05, 0) is 24.3 Å². The van der Waals surface area contributed by atoms with Gasteiger partial charge in [0, 0.05) is 28.5 Å². The van der Waals surface area contributed by atoms with Crippen molar-refractivity contribution in [3.63, 3.8) is 0 Å². The Balaban J connectivity index is 1.43. The highest BCUT2D eigenvalue weighted by Crippen LogP contribution is 2.53. The number of ether oxygens (including phenoxy) is 4. The van der Waals surface area contributed by atoms with Gasteiger partial charge in [0.05, 0.1) is 45.8 Å². The molecule has 8 nitrogen and oxygen atoms in total. The second-order valence-corrected chi connectivity index (χ2v) is 8.64. The standard InChI is InChI=1S/C24H23ClN2O6/c1-30-17-10-14(11-18(31-2)21(17)32-3)26-22(28)19-16-8-9-24(33-16)12-27(23(29)20(19)24)15-6-4-13(25)5-7-15/h4-11,16,19-20H,12H2,1-3H3,(H,26,28)/t16-,19-,20+,24+/m1/s1. The van der Waals surface area contributed by atoms with Gasteiger partial charge in [0.2, 0.25) is 17.6 Å². The molecule has 5 rings (SSSR count). The molecule has 2 saturated heterocycles. The van der Waals surface area contributed by atoms with E-state index in [2.05, 4.69) is 5.32 Å². The molecule has 0 saturated carbocycles. The summed E-state index contributed by atoms with van der Waals surface area (Å²) in [4.78, 5) is 28.5. The number of amides is 2. The van der Waals surface area contributed by atoms with Crippen molar-refractivity contribution in [3.8, 4) is 17.2 Å². The minimum Gasteiger partial charge on any atom is -0.493 e. The maximum Gasteiger partial charge on any atom is 0.234 e. The van der Waals surface area contributed by atoms with Gasteiger partial charge in [-0.2, -0.15) is 0 Å². The van der Waals surface area contributed by atoms with E-state index in [4.69, 9.17) is 30.5 Å². The molecule has 9 heteroatoms. The molecule has 3 aliphatic rings. The summed E-state index contributed by atoms with van der Waals surface area (Å²) >= 11 is 6.00. The Hall–Kier alpha value is -3.23. The Morgan fingerprint density at radius 2 is 1.79 bits per heavy atom. The molecular formula is C24H23ClN2O6. The van der Waals surface area contributed by atoms with Gasteiger partial charge in [0.1, 0.15) is 5.60 Å². The zero-order chi connectivity index (χ0) is 23.3. The van der Waals surface area contributed by atoms with E-state index in [1.165, 1.54) is 21.3 Å². The first kappa shape index (κ1) is 21.6. The lowest BCUT2D eigenvalue weighted by Crippen LogP contribution is -2.41. The van der Waals surface area contributed by atoms with Gasteiger partial charge in [0.25, 0.3) is 0 Å². The predicted octanol–water partition coefficient (Wildman–Crippen LogP) is 3.29. The van der Waals surface area contributed by atoms with E-state index in [0.717, 1.165) is 5.69 Å². The van der Waals surface area contributed by atoms with Gasteiger partial charge in [-0.15, -0.1) is 0 Å². The zero-order valence-electron chi connectivity index (χ0n) is 18.3. The topological polar surface area (TPSA) is 86.3 Å². The average molecular weight is 471 g/mol. The Kier molecular flexibility index (Phi) is 5.22. The summed E-state index contributed by atoms with van der Waals surface area (Å²) in [6, 6.07) is 10.3. The molecule has 33 heavy (non-hydrogen) atoms. The van der Waals surface area contributed by atoms with E-state index in [1.54, 1.807) is 41.3 Å². The lowest BCUT2D eigenvalue weighted by molar-refractivity contribution is -0.128. The van der Waals surface area contributed by atoms with Gasteiger partial charge < -0.3 is 29.2 Å². The number of carbonyl (C=O) groups is 2. The van der Waals surface area contributed by atoms with Crippen LogP contribution in [0, 0.1) is 11.8 Å². The summed E-state index contributed by atoms with van der Waals surface area (Å²) in [5, 5.41) is 3.49. The molecule has 1 spiro atoms. The van der Waals surface area contributed by atoms with Gasteiger partial charge in [-0.1, -0.05) is 23.8 Å². The van der Waals surface area contributed by atoms with E-state index >= 15 is 0 Å². The van der Waals surface area contributed by atoms with Gasteiger partial charge >= 0.3 is 0 Å². The number of anilines is 2. The first-order chi connectivity index (χ1) is 15.9. The Morgan fingerprint density at radius 1 is 1.12 bits per heavy atom. The fraction of sp³-hybridized carbons (Fsp3) is 0.333. The van der Waals surface area contributed by atoms with Crippen molar-refractivity contribution in [3.05, 3.63) is 53.6 Å². The lowest BCUT2D eigenvalue weighted by atomic mass is 9.77. The van der Waals surface area contributed by atoms with Crippen LogP contribution in [0.25, 0.3) is 0 Å². The summed E-state index contributed by atoms with van der Waals surface area (Å²) in [5.74, 6) is -0.486. The number of benzene rings is 2. The monoisotopic (exact) mass is 470 g/mol. The van der Waals surface area contributed by atoms with E-state index in [0.29, 0.717) is 34.5 Å². The summed E-state index contributed by atoms with van der Waals surface area (Å²) < 4.78 is 22.3. The molecule has 172 valence electrons. The largest absolute Gasteiger partial charge is 0.493 e. The van der Waals surface area contributed by atoms with E-state index in [1.807, 2.05) is 12.2 Å². The fourth-order valence-electron chi connectivity index (χ4n) is 5.02. The van der Waals surface area contributed by atoms with Crippen LogP contribution in [0.4, 0.5) is 11.4 Å². The average Bonchev–Trinajstić information content (AvgIpc) is 3.47. The molecule has 0 unspecified atom stereocenters. The van der Waals surface area contributed by atoms with Crippen LogP contribution in [0.1, 0.15) is 0 Å². The third kappa shape index (κ3) is 3.32. The number of hydrogen-bond acceptors (Lipinski definition) is 6. The first-order valence-corrected chi connectivity index (χ1v) is 10.8. The van der Waals surface area contributed by atoms with E-state index < -0.39 is 23.5 Å². The number of hydrogen-bond donors (Lipinski definition) is 1. The summed E-state index contributed by atoms with van der Waals surface area (Å²) in [6.07, 6.45) is 3.32. The van der Waals surface area contributed by atoms with Gasteiger partial charge in [-0.3, -0.25) is 9.59 Å². The Labute approximate surface area is 196 Å². The first-order valence-electron chi connectivity index (χ1n) is 10.5. The lowest BCUT2D eigenvalue weighted by Gasteiger charge is -2.24. The number of fused-ring (bicyclic) bond motifs is 1. The highest BCUT2D eigenvalue weighted by Gasteiger charge is 2.67. The van der Waals surface area contributed by atoms with E-state index in [-0.39, 0.29) is 11.8 Å². The molecule has 2 bridgehead atoms. The van der Waals surface area contributed by atoms with Crippen LogP contribution in [0.2, 0.25) is 5.02 Å². The van der Waals surface area contributed by atoms with Gasteiger partial charge in [-0.25, -0.2) is 0 Å². The molecule has 4 atom stereocenters. The maximum absolute atomic E-state index is 13.5. The predicted molar refractivity (Wildman–Crippen MR) is 122 cm³/mol. The number of nitrogens with one attached hydrogen (secondary N) is 1. The normalized spacial score (nSPS) is 27.0. The number of rotatable bonds is 6. The van der Waals surface area contributed by atoms with Crippen molar-refractivity contribution >= 4 is 34.8 Å². The molecule has 2 aromatic rings. The smallest absolute Gasteiger partial charge is 0.234 e. The highest BCUT2D eigenvalue weighted by molar-refractivity contribution is 6.30. The van der Waals surface area contributed by atoms with Crippen molar-refractivity contribution in [1.29, 1.82) is 0 Å². The summed E-state index contributed by atoms with van der Waals surface area (Å²) in [5.41, 5.74) is 0.367. The van der Waals surface area contributed by atoms with Crippen LogP contribution >= 0.6 is 11.6 Å². The quantitative estimate of drug-likeness (QED) is 0.652. The maximum atomic E-state index is 13.5. The highest BCUT2D eigenvalue weighted by atomic mass is 35.5. The summed E-state index contributed by atoms with van der Waals surface area (Å²) in [7, 11) is 4.52. The summed E-state index contributed by atoms with van der Waals surface area (Å²) in [6.45, 7) is 0.346. The molecule has 2 amide bonds. The van der Waals surface area contributed by atoms with Crippen LogP contribution in [-0.2, 0) is 14.3 Å². The van der Waals surface area contributed by atoms with Gasteiger partial charge in [0.15, 0.2) is 11.5 Å². The van der Waals surface area contributed by atoms with Crippen LogP contribution in [0.3, 0.4) is 0 Å². The second-order valence-electron chi connectivity index (χ2n) is 8.20. The van der Waals surface area contributed by atoms with Crippen molar-refractivity contribution in [1.82, 2.24) is 0 Å². The number of nitrogens with zero attached hydrogens (tertiary/aromatic N) is 1. The van der Waals surface area contributed by atoms with Crippen LogP contribution in [-0.4, -0.2) is 51.4 Å². The molecule has 3 heterocycles. The minimum absolute atomic E-state index is 0.144. The number of methoxy groups -OCH3 is 3. The SMILES string of the molecule is COc1cc(NC(=O)[C@H]2[C@H]3C(=O)N(c4ccc(Cl)cc4)C[C@@]34C=C[C@H]2O4)cc(OC)c1OC. The molecule has 2 fully saturated rings. The number of carbonyl (C=O) groups excluding carboxylic acids is 2. The Bertz CT molecular complexity index is 1130. The van der Waals surface area contributed by atoms with Crippen molar-refractivity contribution in [2.45, 2.75) is 11.7 Å². The minimum atomic E-state index is -0.821. The molecule has 3 aliphatic heterocycles. The second kappa shape index (κ2) is 7.97. The van der Waals surface area contributed by atoms with Crippen LogP contribution < -0.4 is 24.4 Å². The Morgan fingerprint density at radius 3 is 2.39 bits per heavy atom. The molecule has 1 N–H and O–H groups in total. The van der Waals surface area contributed by atoms with E-state index in [9.17, 15) is 9.59 Å². The molecule has 0 aromatic heterocycles. The van der Waals surface area contributed by atoms with Crippen molar-refractivity contribution < 1.29 is 28.5 Å². The molecule has 0 radical (unpaired) electrons. The third-order valence-electron chi connectivity index (χ3n) is 6.47. The molecule has 2 aromatic carbocycles. The molecular weight excluding hydrogens is 448 g/mol. The zero-order valence-corrected chi connectivity index (χ0v) is 19.1. The van der Waals surface area contributed by atoms with Crippen LogP contribution in [0.5, 0.6) is 17.2 Å². The third-order valence-corrected chi connectivity index (χ3v) is 6.73. The number of halogens is 1. The molecule has 0 aliphatic carbocycles. The van der Waals surface area contributed by atoms with Crippen molar-refractivity contribution in [2.75, 3.05) is 38.1 Å².